The third-order valence-corrected chi connectivity index (χ3v) is 4.40. The molecule has 0 bridgehead atoms. The summed E-state index contributed by atoms with van der Waals surface area (Å²) in [6.07, 6.45) is 6.28. The number of nitrogens with zero attached hydrogens (tertiary/aromatic N) is 6. The molecule has 27 heavy (non-hydrogen) atoms. The Kier molecular flexibility index (Phi) is 5.85. The van der Waals surface area contributed by atoms with Crippen LogP contribution < -0.4 is 5.32 Å². The van der Waals surface area contributed by atoms with Crippen molar-refractivity contribution in [3.05, 3.63) is 66.3 Å². The lowest BCUT2D eigenvalue weighted by atomic mass is 10.1. The van der Waals surface area contributed by atoms with Crippen LogP contribution in [0.3, 0.4) is 0 Å². The molecule has 1 atom stereocenters. The molecule has 1 N–H and O–H groups in total. The number of aromatic nitrogens is 5. The number of rotatable bonds is 7. The van der Waals surface area contributed by atoms with Crippen molar-refractivity contribution < 1.29 is 4.79 Å². The highest BCUT2D eigenvalue weighted by molar-refractivity contribution is 5.74. The van der Waals surface area contributed by atoms with Gasteiger partial charge in [-0.3, -0.25) is 0 Å². The van der Waals surface area contributed by atoms with Crippen molar-refractivity contribution >= 4 is 6.03 Å². The predicted molar refractivity (Wildman–Crippen MR) is 102 cm³/mol. The van der Waals surface area contributed by atoms with Gasteiger partial charge in [-0.05, 0) is 12.0 Å². The summed E-state index contributed by atoms with van der Waals surface area (Å²) < 4.78 is 3.88. The van der Waals surface area contributed by atoms with Crippen molar-refractivity contribution in [3.63, 3.8) is 0 Å². The second kappa shape index (κ2) is 8.48. The molecule has 0 aliphatic heterocycles. The number of imidazole rings is 1. The van der Waals surface area contributed by atoms with Crippen LogP contribution in [0, 0.1) is 0 Å². The van der Waals surface area contributed by atoms with Gasteiger partial charge in [-0.15, -0.1) is 10.2 Å². The second-order valence-corrected chi connectivity index (χ2v) is 6.49. The molecule has 0 fully saturated rings. The van der Waals surface area contributed by atoms with Gasteiger partial charge in [-0.2, -0.15) is 0 Å². The van der Waals surface area contributed by atoms with E-state index in [1.54, 1.807) is 24.5 Å². The number of amides is 2. The van der Waals surface area contributed by atoms with Gasteiger partial charge < -0.3 is 19.4 Å². The monoisotopic (exact) mass is 367 g/mol. The summed E-state index contributed by atoms with van der Waals surface area (Å²) in [4.78, 5) is 18.9. The van der Waals surface area contributed by atoms with Crippen LogP contribution in [0.2, 0.25) is 0 Å². The fourth-order valence-corrected chi connectivity index (χ4v) is 2.94. The summed E-state index contributed by atoms with van der Waals surface area (Å²) in [6.45, 7) is 3.31. The van der Waals surface area contributed by atoms with Crippen LogP contribution in [0.25, 0.3) is 0 Å². The molecule has 3 rings (SSSR count). The van der Waals surface area contributed by atoms with E-state index in [0.29, 0.717) is 6.54 Å². The minimum absolute atomic E-state index is 0.196. The number of benzene rings is 1. The van der Waals surface area contributed by atoms with Gasteiger partial charge in [0.1, 0.15) is 18.2 Å². The maximum Gasteiger partial charge on any atom is 0.318 e. The summed E-state index contributed by atoms with van der Waals surface area (Å²) >= 11 is 0. The summed E-state index contributed by atoms with van der Waals surface area (Å²) in [5.41, 5.74) is 0.975. The molecule has 2 aromatic heterocycles. The van der Waals surface area contributed by atoms with E-state index in [2.05, 4.69) is 27.4 Å². The Morgan fingerprint density at radius 1 is 1.30 bits per heavy atom. The third-order valence-electron chi connectivity index (χ3n) is 4.40. The summed E-state index contributed by atoms with van der Waals surface area (Å²) in [5, 5.41) is 11.2. The highest BCUT2D eigenvalue weighted by atomic mass is 16.2. The van der Waals surface area contributed by atoms with Gasteiger partial charge in [0, 0.05) is 33.0 Å². The van der Waals surface area contributed by atoms with Crippen molar-refractivity contribution in [2.24, 2.45) is 7.05 Å². The van der Waals surface area contributed by atoms with E-state index in [1.165, 1.54) is 0 Å². The van der Waals surface area contributed by atoms with Gasteiger partial charge in [0.2, 0.25) is 0 Å². The number of nitrogens with one attached hydrogen (secondary N) is 1. The van der Waals surface area contributed by atoms with E-state index >= 15 is 0 Å². The van der Waals surface area contributed by atoms with Crippen LogP contribution in [0.4, 0.5) is 4.79 Å². The molecule has 2 heterocycles. The van der Waals surface area contributed by atoms with Crippen molar-refractivity contribution in [2.45, 2.75) is 32.5 Å². The normalized spacial score (nSPS) is 12.0. The van der Waals surface area contributed by atoms with Gasteiger partial charge in [-0.1, -0.05) is 37.3 Å². The van der Waals surface area contributed by atoms with Crippen molar-refractivity contribution in [2.75, 3.05) is 7.05 Å². The zero-order valence-corrected chi connectivity index (χ0v) is 15.9. The molecule has 2 amide bonds. The topological polar surface area (TPSA) is 80.9 Å². The minimum Gasteiger partial charge on any atom is -0.336 e. The lowest BCUT2D eigenvalue weighted by molar-refractivity contribution is 0.202. The molecule has 8 nitrogen and oxygen atoms in total. The second-order valence-electron chi connectivity index (χ2n) is 6.49. The van der Waals surface area contributed by atoms with Gasteiger partial charge in [0.15, 0.2) is 5.82 Å². The lowest BCUT2D eigenvalue weighted by Crippen LogP contribution is -2.40. The van der Waals surface area contributed by atoms with Crippen molar-refractivity contribution in [1.29, 1.82) is 0 Å². The fraction of sp³-hybridized carbons (Fsp3) is 0.368. The van der Waals surface area contributed by atoms with E-state index in [4.69, 9.17) is 0 Å². The molecule has 0 saturated carbocycles. The average Bonchev–Trinajstić information content (AvgIpc) is 3.29. The van der Waals surface area contributed by atoms with Gasteiger partial charge in [-0.25, -0.2) is 9.78 Å². The van der Waals surface area contributed by atoms with E-state index in [-0.39, 0.29) is 12.1 Å². The minimum atomic E-state index is -0.338. The maximum absolute atomic E-state index is 12.8. The first-order valence-corrected chi connectivity index (χ1v) is 9.00. The van der Waals surface area contributed by atoms with E-state index in [1.807, 2.05) is 52.7 Å². The standard InChI is InChI=1S/C19H25N7O/c1-4-11-26-14-21-23-16(26)13-25(3)19(27)22-17(15-8-6-5-7-9-15)18-20-10-12-24(18)2/h5-10,12,14,17H,4,11,13H2,1-3H3,(H,22,27)/t17-/m0/s1. The third kappa shape index (κ3) is 4.33. The van der Waals surface area contributed by atoms with Crippen LogP contribution in [0.15, 0.2) is 49.1 Å². The number of urea groups is 1. The largest absolute Gasteiger partial charge is 0.336 e. The molecule has 0 spiro atoms. The Morgan fingerprint density at radius 2 is 2.07 bits per heavy atom. The Labute approximate surface area is 158 Å². The van der Waals surface area contributed by atoms with Gasteiger partial charge in [0.25, 0.3) is 0 Å². The van der Waals surface area contributed by atoms with Crippen molar-refractivity contribution in [3.8, 4) is 0 Å². The SMILES string of the molecule is CCCn1cnnc1CN(C)C(=O)N[C@@H](c1ccccc1)c1nccn1C. The quantitative estimate of drug-likeness (QED) is 0.695. The van der Waals surface area contributed by atoms with E-state index in [0.717, 1.165) is 30.2 Å². The van der Waals surface area contributed by atoms with Crippen LogP contribution in [-0.2, 0) is 20.1 Å². The van der Waals surface area contributed by atoms with E-state index in [9.17, 15) is 4.79 Å². The Morgan fingerprint density at radius 3 is 2.74 bits per heavy atom. The maximum atomic E-state index is 12.8. The molecule has 1 aromatic carbocycles. The number of carbonyl (C=O) groups is 1. The molecule has 0 unspecified atom stereocenters. The summed E-state index contributed by atoms with van der Waals surface area (Å²) in [7, 11) is 3.67. The average molecular weight is 367 g/mol. The van der Waals surface area contributed by atoms with E-state index < -0.39 is 0 Å². The first-order chi connectivity index (χ1) is 13.1. The summed E-state index contributed by atoms with van der Waals surface area (Å²) in [5.74, 6) is 1.54. The number of aryl methyl sites for hydroxylation is 2. The Hall–Kier alpha value is -3.16. The Bertz CT molecular complexity index is 871. The van der Waals surface area contributed by atoms with Crippen molar-refractivity contribution in [1.82, 2.24) is 34.5 Å². The molecule has 8 heteroatoms. The number of hydrogen-bond acceptors (Lipinski definition) is 4. The lowest BCUT2D eigenvalue weighted by Gasteiger charge is -2.23. The Balaban J connectivity index is 1.76. The molecular formula is C19H25N7O. The molecule has 0 aliphatic rings. The summed E-state index contributed by atoms with van der Waals surface area (Å²) in [6, 6.07) is 9.29. The first kappa shape index (κ1) is 18.6. The molecule has 3 aromatic rings. The van der Waals surface area contributed by atoms with Crippen LogP contribution in [-0.4, -0.2) is 42.3 Å². The molecule has 142 valence electrons. The number of hydrogen-bond donors (Lipinski definition) is 1. The first-order valence-electron chi connectivity index (χ1n) is 9.00. The molecule has 0 saturated heterocycles. The predicted octanol–water partition coefficient (Wildman–Crippen LogP) is 2.35. The fourth-order valence-electron chi connectivity index (χ4n) is 2.94. The zero-order chi connectivity index (χ0) is 19.2. The number of carbonyl (C=O) groups excluding carboxylic acids is 1. The molecular weight excluding hydrogens is 342 g/mol. The highest BCUT2D eigenvalue weighted by Gasteiger charge is 2.23. The zero-order valence-electron chi connectivity index (χ0n) is 15.9. The van der Waals surface area contributed by atoms with Gasteiger partial charge in [0.05, 0.1) is 6.54 Å². The van der Waals surface area contributed by atoms with Crippen LogP contribution in [0.5, 0.6) is 0 Å². The smallest absolute Gasteiger partial charge is 0.318 e. The molecule has 0 radical (unpaired) electrons. The van der Waals surface area contributed by atoms with Gasteiger partial charge >= 0.3 is 6.03 Å². The van der Waals surface area contributed by atoms with Crippen LogP contribution >= 0.6 is 0 Å². The highest BCUT2D eigenvalue weighted by Crippen LogP contribution is 2.20. The van der Waals surface area contributed by atoms with Crippen LogP contribution in [0.1, 0.15) is 36.6 Å². The molecule has 0 aliphatic carbocycles.